The van der Waals surface area contributed by atoms with Crippen molar-refractivity contribution in [2.24, 2.45) is 0 Å². The molecule has 0 unspecified atom stereocenters. The second-order valence-corrected chi connectivity index (χ2v) is 8.53. The van der Waals surface area contributed by atoms with Gasteiger partial charge in [-0.05, 0) is 52.7 Å². The molecule has 148 valence electrons. The van der Waals surface area contributed by atoms with Crippen molar-refractivity contribution >= 4 is 38.6 Å². The van der Waals surface area contributed by atoms with E-state index in [-0.39, 0.29) is 10.7 Å². The van der Waals surface area contributed by atoms with E-state index in [0.29, 0.717) is 5.56 Å². The third kappa shape index (κ3) is 4.77. The number of ketones is 1. The first-order valence-corrected chi connectivity index (χ1v) is 10.2. The molecular formula is C22H19NO5S. The first-order valence-electron chi connectivity index (χ1n) is 8.77. The Bertz CT molecular complexity index is 1200. The number of allylic oxidation sites excluding steroid dienone is 1. The SMILES string of the molecule is CN(CC(=O)O)S(=O)(=O)c1ccc(C(=O)/C=C/c2ccc3ccccc3c2)cc1. The predicted molar refractivity (Wildman–Crippen MR) is 111 cm³/mol. The van der Waals surface area contributed by atoms with E-state index in [9.17, 15) is 18.0 Å². The number of sulfonamides is 1. The van der Waals surface area contributed by atoms with Crippen molar-refractivity contribution in [3.63, 3.8) is 0 Å². The van der Waals surface area contributed by atoms with Crippen molar-refractivity contribution in [3.8, 4) is 0 Å². The van der Waals surface area contributed by atoms with Crippen LogP contribution in [0.5, 0.6) is 0 Å². The second-order valence-electron chi connectivity index (χ2n) is 6.48. The van der Waals surface area contributed by atoms with Gasteiger partial charge >= 0.3 is 5.97 Å². The molecular weight excluding hydrogens is 390 g/mol. The Hall–Kier alpha value is -3.29. The van der Waals surface area contributed by atoms with E-state index < -0.39 is 22.5 Å². The Labute approximate surface area is 168 Å². The van der Waals surface area contributed by atoms with E-state index in [0.717, 1.165) is 20.6 Å². The lowest BCUT2D eigenvalue weighted by Gasteiger charge is -2.14. The largest absolute Gasteiger partial charge is 0.480 e. The Kier molecular flexibility index (Phi) is 5.91. The van der Waals surface area contributed by atoms with Crippen LogP contribution in [-0.2, 0) is 14.8 Å². The first kappa shape index (κ1) is 20.4. The summed E-state index contributed by atoms with van der Waals surface area (Å²) >= 11 is 0. The van der Waals surface area contributed by atoms with Crippen LogP contribution < -0.4 is 0 Å². The van der Waals surface area contributed by atoms with Crippen molar-refractivity contribution in [3.05, 3.63) is 83.9 Å². The number of carboxylic acids is 1. The van der Waals surface area contributed by atoms with Crippen LogP contribution in [0.1, 0.15) is 15.9 Å². The number of hydrogen-bond acceptors (Lipinski definition) is 4. The maximum atomic E-state index is 12.4. The van der Waals surface area contributed by atoms with Crippen LogP contribution in [0.2, 0.25) is 0 Å². The molecule has 0 bridgehead atoms. The molecule has 29 heavy (non-hydrogen) atoms. The molecule has 3 aromatic rings. The Morgan fingerprint density at radius 1 is 0.966 bits per heavy atom. The zero-order valence-electron chi connectivity index (χ0n) is 15.6. The minimum absolute atomic E-state index is 0.0729. The van der Waals surface area contributed by atoms with Gasteiger partial charge in [0.25, 0.3) is 0 Å². The molecule has 0 aromatic heterocycles. The van der Waals surface area contributed by atoms with E-state index >= 15 is 0 Å². The van der Waals surface area contributed by atoms with Crippen LogP contribution in [0.3, 0.4) is 0 Å². The maximum Gasteiger partial charge on any atom is 0.318 e. The Balaban J connectivity index is 1.76. The smallest absolute Gasteiger partial charge is 0.318 e. The molecule has 3 rings (SSSR count). The van der Waals surface area contributed by atoms with Gasteiger partial charge in [-0.2, -0.15) is 4.31 Å². The lowest BCUT2D eigenvalue weighted by molar-refractivity contribution is -0.137. The van der Waals surface area contributed by atoms with Crippen molar-refractivity contribution < 1.29 is 23.1 Å². The summed E-state index contributed by atoms with van der Waals surface area (Å²) in [6.45, 7) is -0.641. The Morgan fingerprint density at radius 2 is 1.62 bits per heavy atom. The van der Waals surface area contributed by atoms with Crippen LogP contribution in [-0.4, -0.2) is 43.2 Å². The summed E-state index contributed by atoms with van der Waals surface area (Å²) in [5, 5.41) is 10.9. The van der Waals surface area contributed by atoms with Crippen molar-refractivity contribution in [2.45, 2.75) is 4.90 Å². The standard InChI is InChI=1S/C22H19NO5S/c1-23(15-22(25)26)29(27,28)20-11-9-18(10-12-20)21(24)13-7-16-6-8-17-4-2-3-5-19(17)14-16/h2-14H,15H2,1H3,(H,25,26)/b13-7+. The topological polar surface area (TPSA) is 91.8 Å². The molecule has 3 aromatic carbocycles. The lowest BCUT2D eigenvalue weighted by atomic mass is 10.1. The monoisotopic (exact) mass is 409 g/mol. The molecule has 1 N–H and O–H groups in total. The molecule has 0 aliphatic heterocycles. The molecule has 0 spiro atoms. The lowest BCUT2D eigenvalue weighted by Crippen LogP contribution is -2.32. The highest BCUT2D eigenvalue weighted by atomic mass is 32.2. The van der Waals surface area contributed by atoms with Gasteiger partial charge in [-0.15, -0.1) is 0 Å². The van der Waals surface area contributed by atoms with Gasteiger partial charge in [0, 0.05) is 12.6 Å². The zero-order chi connectivity index (χ0) is 21.0. The third-order valence-corrected chi connectivity index (χ3v) is 6.22. The highest BCUT2D eigenvalue weighted by molar-refractivity contribution is 7.89. The molecule has 0 aliphatic rings. The van der Waals surface area contributed by atoms with Gasteiger partial charge in [0.15, 0.2) is 5.78 Å². The third-order valence-electron chi connectivity index (χ3n) is 4.41. The second kappa shape index (κ2) is 8.38. The summed E-state index contributed by atoms with van der Waals surface area (Å²) in [6.07, 6.45) is 3.14. The van der Waals surface area contributed by atoms with Gasteiger partial charge in [0.2, 0.25) is 10.0 Å². The fourth-order valence-corrected chi connectivity index (χ4v) is 3.95. The van der Waals surface area contributed by atoms with Gasteiger partial charge in [-0.1, -0.05) is 42.5 Å². The van der Waals surface area contributed by atoms with Gasteiger partial charge in [-0.25, -0.2) is 8.42 Å². The number of rotatable bonds is 7. The summed E-state index contributed by atoms with van der Waals surface area (Å²) in [7, 11) is -2.74. The number of benzene rings is 3. The van der Waals surface area contributed by atoms with Gasteiger partial charge in [0.1, 0.15) is 6.54 Å². The fourth-order valence-electron chi connectivity index (χ4n) is 2.83. The van der Waals surface area contributed by atoms with E-state index in [4.69, 9.17) is 5.11 Å². The van der Waals surface area contributed by atoms with Crippen LogP contribution in [0.15, 0.2) is 77.7 Å². The minimum Gasteiger partial charge on any atom is -0.480 e. The number of carboxylic acid groups (broad SMARTS) is 1. The van der Waals surface area contributed by atoms with Crippen LogP contribution in [0.4, 0.5) is 0 Å². The van der Waals surface area contributed by atoms with Gasteiger partial charge in [-0.3, -0.25) is 9.59 Å². The average Bonchev–Trinajstić information content (AvgIpc) is 2.71. The number of aliphatic carboxylic acids is 1. The minimum atomic E-state index is -3.93. The summed E-state index contributed by atoms with van der Waals surface area (Å²) in [5.41, 5.74) is 1.22. The summed E-state index contributed by atoms with van der Waals surface area (Å²) in [5.74, 6) is -1.51. The van der Waals surface area contributed by atoms with E-state index in [2.05, 4.69) is 0 Å². The first-order chi connectivity index (χ1) is 13.8. The number of carbonyl (C=O) groups excluding carboxylic acids is 1. The fraction of sp³-hybridized carbons (Fsp3) is 0.0909. The molecule has 0 heterocycles. The van der Waals surface area contributed by atoms with Crippen LogP contribution >= 0.6 is 0 Å². The number of carbonyl (C=O) groups is 2. The van der Waals surface area contributed by atoms with Crippen molar-refractivity contribution in [1.29, 1.82) is 0 Å². The highest BCUT2D eigenvalue weighted by Crippen LogP contribution is 2.18. The predicted octanol–water partition coefficient (Wildman–Crippen LogP) is 3.44. The molecule has 0 saturated carbocycles. The average molecular weight is 409 g/mol. The number of nitrogens with zero attached hydrogens (tertiary/aromatic N) is 1. The molecule has 0 radical (unpaired) electrons. The molecule has 0 saturated heterocycles. The molecule has 0 aliphatic carbocycles. The molecule has 0 amide bonds. The zero-order valence-corrected chi connectivity index (χ0v) is 16.5. The highest BCUT2D eigenvalue weighted by Gasteiger charge is 2.22. The molecule has 7 heteroatoms. The maximum absolute atomic E-state index is 12.4. The number of likely N-dealkylation sites (N-methyl/N-ethyl adjacent to an activating group) is 1. The summed E-state index contributed by atoms with van der Waals surface area (Å²) < 4.78 is 25.4. The number of hydrogen-bond donors (Lipinski definition) is 1. The molecule has 6 nitrogen and oxygen atoms in total. The molecule has 0 atom stereocenters. The van der Waals surface area contributed by atoms with E-state index in [1.807, 2.05) is 42.5 Å². The normalized spacial score (nSPS) is 11.9. The number of fused-ring (bicyclic) bond motifs is 1. The van der Waals surface area contributed by atoms with Crippen molar-refractivity contribution in [1.82, 2.24) is 4.31 Å². The quantitative estimate of drug-likeness (QED) is 0.477. The van der Waals surface area contributed by atoms with E-state index in [1.54, 1.807) is 6.08 Å². The van der Waals surface area contributed by atoms with Gasteiger partial charge in [0.05, 0.1) is 4.90 Å². The van der Waals surface area contributed by atoms with Crippen LogP contribution in [0, 0.1) is 0 Å². The van der Waals surface area contributed by atoms with Crippen molar-refractivity contribution in [2.75, 3.05) is 13.6 Å². The summed E-state index contributed by atoms with van der Waals surface area (Å²) in [4.78, 5) is 23.1. The van der Waals surface area contributed by atoms with E-state index in [1.165, 1.54) is 37.4 Å². The molecule has 0 fully saturated rings. The van der Waals surface area contributed by atoms with Crippen LogP contribution in [0.25, 0.3) is 16.8 Å². The van der Waals surface area contributed by atoms with Gasteiger partial charge < -0.3 is 5.11 Å². The summed E-state index contributed by atoms with van der Waals surface area (Å²) in [6, 6.07) is 19.2. The Morgan fingerprint density at radius 3 is 2.28 bits per heavy atom.